The first-order chi connectivity index (χ1) is 11.1. The normalized spacial score (nSPS) is 10.9. The number of amides is 1. The van der Waals surface area contributed by atoms with Gasteiger partial charge in [-0.3, -0.25) is 9.20 Å². The molecule has 0 saturated carbocycles. The van der Waals surface area contributed by atoms with Crippen LogP contribution in [0.1, 0.15) is 35.1 Å². The van der Waals surface area contributed by atoms with E-state index in [1.807, 2.05) is 29.7 Å². The second-order valence-electron chi connectivity index (χ2n) is 5.41. The monoisotopic (exact) mass is 328 g/mol. The zero-order valence-corrected chi connectivity index (χ0v) is 13.8. The molecule has 0 aliphatic heterocycles. The Kier molecular flexibility index (Phi) is 4.30. The molecule has 0 fully saturated rings. The lowest BCUT2D eigenvalue weighted by Gasteiger charge is -2.07. The quantitative estimate of drug-likeness (QED) is 0.790. The van der Waals surface area contributed by atoms with Crippen molar-refractivity contribution in [3.8, 4) is 0 Å². The second-order valence-corrected chi connectivity index (χ2v) is 5.84. The van der Waals surface area contributed by atoms with Crippen molar-refractivity contribution in [2.45, 2.75) is 26.7 Å². The third-order valence-corrected chi connectivity index (χ3v) is 3.73. The number of carbonyl (C=O) groups is 1. The first-order valence-corrected chi connectivity index (χ1v) is 7.86. The zero-order valence-electron chi connectivity index (χ0n) is 13.0. The number of anilines is 1. The standard InChI is InChI=1S/C17H17ClN4O/c1-3-4-13-16(22-10-11(2)5-8-15(22)20-13)17(23)21-14-7-6-12(18)9-19-14/h5-10H,3-4H2,1-2H3,(H,19,21,23). The average molecular weight is 329 g/mol. The van der Waals surface area contributed by atoms with E-state index in [-0.39, 0.29) is 5.91 Å². The first-order valence-electron chi connectivity index (χ1n) is 7.49. The minimum Gasteiger partial charge on any atom is -0.305 e. The molecule has 3 aromatic rings. The van der Waals surface area contributed by atoms with Gasteiger partial charge in [0, 0.05) is 12.4 Å². The Morgan fingerprint density at radius 2 is 2.13 bits per heavy atom. The SMILES string of the molecule is CCCc1nc2ccc(C)cn2c1C(=O)Nc1ccc(Cl)cn1. The number of aryl methyl sites for hydroxylation is 2. The Morgan fingerprint density at radius 3 is 2.83 bits per heavy atom. The number of carbonyl (C=O) groups excluding carboxylic acids is 1. The number of imidazole rings is 1. The highest BCUT2D eigenvalue weighted by Gasteiger charge is 2.19. The predicted octanol–water partition coefficient (Wildman–Crippen LogP) is 3.90. The summed E-state index contributed by atoms with van der Waals surface area (Å²) in [5.74, 6) is 0.242. The summed E-state index contributed by atoms with van der Waals surface area (Å²) in [7, 11) is 0. The van der Waals surface area contributed by atoms with Crippen LogP contribution in [0.5, 0.6) is 0 Å². The molecule has 0 aromatic carbocycles. The van der Waals surface area contributed by atoms with Gasteiger partial charge in [0.1, 0.15) is 17.2 Å². The molecular formula is C17H17ClN4O. The molecule has 0 atom stereocenters. The van der Waals surface area contributed by atoms with E-state index in [0.29, 0.717) is 16.5 Å². The fourth-order valence-corrected chi connectivity index (χ4v) is 2.59. The summed E-state index contributed by atoms with van der Waals surface area (Å²) in [4.78, 5) is 21.4. The van der Waals surface area contributed by atoms with E-state index in [0.717, 1.165) is 29.7 Å². The molecule has 3 heterocycles. The lowest BCUT2D eigenvalue weighted by molar-refractivity contribution is 0.102. The number of pyridine rings is 2. The van der Waals surface area contributed by atoms with Crippen LogP contribution >= 0.6 is 11.6 Å². The van der Waals surface area contributed by atoms with Gasteiger partial charge in [-0.05, 0) is 37.1 Å². The Balaban J connectivity index is 2.02. The number of fused-ring (bicyclic) bond motifs is 1. The van der Waals surface area contributed by atoms with Crippen molar-refractivity contribution in [1.82, 2.24) is 14.4 Å². The Labute approximate surface area is 139 Å². The number of hydrogen-bond acceptors (Lipinski definition) is 3. The van der Waals surface area contributed by atoms with Crippen molar-refractivity contribution in [2.75, 3.05) is 5.32 Å². The molecule has 0 bridgehead atoms. The fraction of sp³-hybridized carbons (Fsp3) is 0.235. The molecule has 3 aromatic heterocycles. The summed E-state index contributed by atoms with van der Waals surface area (Å²) in [6.45, 7) is 4.05. The molecule has 3 rings (SSSR count). The van der Waals surface area contributed by atoms with Crippen LogP contribution in [-0.4, -0.2) is 20.3 Å². The van der Waals surface area contributed by atoms with Crippen molar-refractivity contribution < 1.29 is 4.79 Å². The van der Waals surface area contributed by atoms with Gasteiger partial charge in [-0.2, -0.15) is 0 Å². The van der Waals surface area contributed by atoms with Crippen molar-refractivity contribution in [1.29, 1.82) is 0 Å². The van der Waals surface area contributed by atoms with E-state index in [9.17, 15) is 4.79 Å². The van der Waals surface area contributed by atoms with Crippen LogP contribution in [-0.2, 0) is 6.42 Å². The minimum atomic E-state index is -0.221. The predicted molar refractivity (Wildman–Crippen MR) is 91.1 cm³/mol. The molecule has 0 unspecified atom stereocenters. The van der Waals surface area contributed by atoms with Crippen molar-refractivity contribution in [2.24, 2.45) is 0 Å². The number of aromatic nitrogens is 3. The van der Waals surface area contributed by atoms with E-state index in [1.54, 1.807) is 12.1 Å². The average Bonchev–Trinajstić information content (AvgIpc) is 2.87. The Bertz CT molecular complexity index is 855. The zero-order chi connectivity index (χ0) is 16.4. The maximum Gasteiger partial charge on any atom is 0.275 e. The van der Waals surface area contributed by atoms with Gasteiger partial charge in [-0.25, -0.2) is 9.97 Å². The van der Waals surface area contributed by atoms with E-state index < -0.39 is 0 Å². The lowest BCUT2D eigenvalue weighted by Crippen LogP contribution is -2.17. The largest absolute Gasteiger partial charge is 0.305 e. The Hall–Kier alpha value is -2.40. The Morgan fingerprint density at radius 1 is 1.30 bits per heavy atom. The van der Waals surface area contributed by atoms with Gasteiger partial charge in [0.2, 0.25) is 0 Å². The van der Waals surface area contributed by atoms with E-state index in [2.05, 4.69) is 22.2 Å². The second kappa shape index (κ2) is 6.38. The van der Waals surface area contributed by atoms with Gasteiger partial charge in [0.15, 0.2) is 0 Å². The van der Waals surface area contributed by atoms with Crippen molar-refractivity contribution >= 4 is 29.0 Å². The topological polar surface area (TPSA) is 59.3 Å². The van der Waals surface area contributed by atoms with Crippen molar-refractivity contribution in [3.63, 3.8) is 0 Å². The van der Waals surface area contributed by atoms with E-state index >= 15 is 0 Å². The third kappa shape index (κ3) is 3.19. The maximum absolute atomic E-state index is 12.7. The van der Waals surface area contributed by atoms with Crippen LogP contribution < -0.4 is 5.32 Å². The van der Waals surface area contributed by atoms with Crippen LogP contribution in [0.15, 0.2) is 36.7 Å². The highest BCUT2D eigenvalue weighted by Crippen LogP contribution is 2.18. The molecule has 0 radical (unpaired) electrons. The minimum absolute atomic E-state index is 0.221. The highest BCUT2D eigenvalue weighted by molar-refractivity contribution is 6.30. The number of rotatable bonds is 4. The van der Waals surface area contributed by atoms with Crippen LogP contribution in [0, 0.1) is 6.92 Å². The maximum atomic E-state index is 12.7. The molecule has 1 amide bonds. The molecular weight excluding hydrogens is 312 g/mol. The molecule has 0 aliphatic carbocycles. The molecule has 0 saturated heterocycles. The molecule has 118 valence electrons. The lowest BCUT2D eigenvalue weighted by atomic mass is 10.2. The summed E-state index contributed by atoms with van der Waals surface area (Å²) >= 11 is 5.82. The highest BCUT2D eigenvalue weighted by atomic mass is 35.5. The molecule has 5 nitrogen and oxygen atoms in total. The molecule has 6 heteroatoms. The molecule has 0 aliphatic rings. The van der Waals surface area contributed by atoms with Crippen LogP contribution in [0.25, 0.3) is 5.65 Å². The van der Waals surface area contributed by atoms with Crippen LogP contribution in [0.4, 0.5) is 5.82 Å². The fourth-order valence-electron chi connectivity index (χ4n) is 2.48. The molecule has 0 spiro atoms. The van der Waals surface area contributed by atoms with E-state index in [4.69, 9.17) is 11.6 Å². The smallest absolute Gasteiger partial charge is 0.275 e. The summed E-state index contributed by atoms with van der Waals surface area (Å²) in [5.41, 5.74) is 3.19. The van der Waals surface area contributed by atoms with Gasteiger partial charge < -0.3 is 5.32 Å². The third-order valence-electron chi connectivity index (χ3n) is 3.51. The van der Waals surface area contributed by atoms with Crippen molar-refractivity contribution in [3.05, 3.63) is 58.6 Å². The molecule has 1 N–H and O–H groups in total. The summed E-state index contributed by atoms with van der Waals surface area (Å²) in [6.07, 6.45) is 5.09. The van der Waals surface area contributed by atoms with Crippen LogP contribution in [0.3, 0.4) is 0 Å². The summed E-state index contributed by atoms with van der Waals surface area (Å²) < 4.78 is 1.84. The van der Waals surface area contributed by atoms with Crippen LogP contribution in [0.2, 0.25) is 5.02 Å². The number of hydrogen-bond donors (Lipinski definition) is 1. The number of halogens is 1. The van der Waals surface area contributed by atoms with Gasteiger partial charge in [0.25, 0.3) is 5.91 Å². The summed E-state index contributed by atoms with van der Waals surface area (Å²) in [5, 5.41) is 3.34. The summed E-state index contributed by atoms with van der Waals surface area (Å²) in [6, 6.07) is 7.27. The van der Waals surface area contributed by atoms with Gasteiger partial charge in [-0.15, -0.1) is 0 Å². The molecule has 23 heavy (non-hydrogen) atoms. The van der Waals surface area contributed by atoms with Gasteiger partial charge >= 0.3 is 0 Å². The van der Waals surface area contributed by atoms with E-state index in [1.165, 1.54) is 6.20 Å². The number of nitrogens with one attached hydrogen (secondary N) is 1. The number of nitrogens with zero attached hydrogens (tertiary/aromatic N) is 3. The van der Waals surface area contributed by atoms with Gasteiger partial charge in [0.05, 0.1) is 10.7 Å². The first kappa shape index (κ1) is 15.5. The van der Waals surface area contributed by atoms with Gasteiger partial charge in [-0.1, -0.05) is 31.0 Å².